The van der Waals surface area contributed by atoms with Gasteiger partial charge in [0.05, 0.1) is 11.4 Å². The Morgan fingerprint density at radius 3 is 2.58 bits per heavy atom. The van der Waals surface area contributed by atoms with Crippen LogP contribution in [0.5, 0.6) is 5.75 Å². The number of hydrogen-bond donors (Lipinski definition) is 1. The smallest absolute Gasteiger partial charge is 0.236 e. The van der Waals surface area contributed by atoms with Crippen LogP contribution in [0.15, 0.2) is 71.2 Å². The van der Waals surface area contributed by atoms with E-state index in [1.165, 1.54) is 23.1 Å². The maximum absolute atomic E-state index is 12.4. The van der Waals surface area contributed by atoms with Gasteiger partial charge in [0.25, 0.3) is 0 Å². The first-order valence-corrected chi connectivity index (χ1v) is 11.5. The second-order valence-corrected chi connectivity index (χ2v) is 8.51. The molecule has 0 saturated carbocycles. The van der Waals surface area contributed by atoms with Gasteiger partial charge >= 0.3 is 0 Å². The van der Waals surface area contributed by atoms with E-state index in [1.807, 2.05) is 84.6 Å². The summed E-state index contributed by atoms with van der Waals surface area (Å²) in [6.45, 7) is 1.92. The number of carbonyl (C=O) groups is 1. The first kappa shape index (κ1) is 21.1. The number of para-hydroxylation sites is 1. The molecule has 158 valence electrons. The Hall–Kier alpha value is -3.17. The molecule has 1 unspecified atom stereocenters. The minimum atomic E-state index is -0.269. The molecule has 4 aromatic rings. The molecule has 9 heteroatoms. The summed E-state index contributed by atoms with van der Waals surface area (Å²) in [4.78, 5) is 16.9. The molecule has 0 spiro atoms. The molecule has 0 fully saturated rings. The summed E-state index contributed by atoms with van der Waals surface area (Å²) in [5, 5.41) is 14.4. The minimum absolute atomic E-state index is 0.142. The number of benzene rings is 2. The van der Waals surface area contributed by atoms with Crippen molar-refractivity contribution in [2.45, 2.75) is 18.2 Å². The lowest BCUT2D eigenvalue weighted by Gasteiger charge is -2.14. The van der Waals surface area contributed by atoms with Gasteiger partial charge in [0.2, 0.25) is 5.91 Å². The van der Waals surface area contributed by atoms with Gasteiger partial charge in [-0.1, -0.05) is 60.3 Å². The first-order chi connectivity index (χ1) is 15.1. The van der Waals surface area contributed by atoms with Crippen molar-refractivity contribution in [3.63, 3.8) is 0 Å². The predicted octanol–water partition coefficient (Wildman–Crippen LogP) is 4.81. The molecule has 31 heavy (non-hydrogen) atoms. The molecular weight excluding hydrogens is 430 g/mol. The predicted molar refractivity (Wildman–Crippen MR) is 123 cm³/mol. The topological polar surface area (TPSA) is 81.9 Å². The van der Waals surface area contributed by atoms with Gasteiger partial charge in [-0.2, -0.15) is 0 Å². The van der Waals surface area contributed by atoms with Gasteiger partial charge in [0.1, 0.15) is 5.75 Å². The van der Waals surface area contributed by atoms with Crippen LogP contribution in [0.4, 0.5) is 5.13 Å². The molecule has 1 atom stereocenters. The van der Waals surface area contributed by atoms with E-state index in [0.29, 0.717) is 16.1 Å². The van der Waals surface area contributed by atoms with Crippen LogP contribution in [-0.4, -0.2) is 31.4 Å². The highest BCUT2D eigenvalue weighted by Gasteiger charge is 2.18. The highest BCUT2D eigenvalue weighted by atomic mass is 32.2. The van der Waals surface area contributed by atoms with Gasteiger partial charge < -0.3 is 14.6 Å². The minimum Gasteiger partial charge on any atom is -0.483 e. The summed E-state index contributed by atoms with van der Waals surface area (Å²) in [5.74, 6) is 1.53. The van der Waals surface area contributed by atoms with Crippen molar-refractivity contribution in [1.29, 1.82) is 0 Å². The van der Waals surface area contributed by atoms with Crippen LogP contribution in [0.2, 0.25) is 0 Å². The normalized spacial score (nSPS) is 11.8. The molecule has 1 amide bonds. The van der Waals surface area contributed by atoms with Crippen molar-refractivity contribution in [2.75, 3.05) is 11.1 Å². The standard InChI is InChI=1S/C22H21N5O2S2/c1-15(29-17-11-7-4-8-12-17)20-25-26-22(27(20)2)31-14-19(28)24-21-23-18(13-30-21)16-9-5-3-6-10-16/h3-13,15H,14H2,1-2H3,(H,23,24,28). The van der Waals surface area contributed by atoms with Crippen molar-refractivity contribution in [3.8, 4) is 17.0 Å². The molecule has 7 nitrogen and oxygen atoms in total. The molecule has 0 saturated heterocycles. The maximum Gasteiger partial charge on any atom is 0.236 e. The molecule has 1 N–H and O–H groups in total. The number of rotatable bonds is 8. The summed E-state index contributed by atoms with van der Waals surface area (Å²) in [5.41, 5.74) is 1.87. The first-order valence-electron chi connectivity index (χ1n) is 9.65. The quantitative estimate of drug-likeness (QED) is 0.387. The number of amides is 1. The van der Waals surface area contributed by atoms with E-state index in [2.05, 4.69) is 20.5 Å². The molecule has 2 aromatic heterocycles. The lowest BCUT2D eigenvalue weighted by Crippen LogP contribution is -2.14. The molecule has 4 rings (SSSR count). The summed E-state index contributed by atoms with van der Waals surface area (Å²) >= 11 is 2.73. The number of hydrogen-bond acceptors (Lipinski definition) is 7. The number of aromatic nitrogens is 4. The molecule has 0 aliphatic rings. The number of ether oxygens (including phenoxy) is 1. The zero-order valence-electron chi connectivity index (χ0n) is 17.1. The van der Waals surface area contributed by atoms with Gasteiger partial charge in [-0.25, -0.2) is 4.98 Å². The molecule has 0 radical (unpaired) electrons. The fourth-order valence-electron chi connectivity index (χ4n) is 2.92. The Morgan fingerprint density at radius 1 is 1.13 bits per heavy atom. The number of thiazole rings is 1. The van der Waals surface area contributed by atoms with Crippen LogP contribution in [0, 0.1) is 0 Å². The van der Waals surface area contributed by atoms with Gasteiger partial charge in [0, 0.05) is 18.0 Å². The third-order valence-corrected chi connectivity index (χ3v) is 6.22. The molecule has 2 aromatic carbocycles. The maximum atomic E-state index is 12.4. The van der Waals surface area contributed by atoms with E-state index >= 15 is 0 Å². The molecule has 0 aliphatic heterocycles. The lowest BCUT2D eigenvalue weighted by atomic mass is 10.2. The third-order valence-electron chi connectivity index (χ3n) is 4.44. The Labute approximate surface area is 188 Å². The second-order valence-electron chi connectivity index (χ2n) is 6.71. The molecule has 0 aliphatic carbocycles. The second kappa shape index (κ2) is 9.76. The van der Waals surface area contributed by atoms with E-state index in [0.717, 1.165) is 17.0 Å². The van der Waals surface area contributed by atoms with Crippen LogP contribution >= 0.6 is 23.1 Å². The SMILES string of the molecule is CC(Oc1ccccc1)c1nnc(SCC(=O)Nc2nc(-c3ccccc3)cs2)n1C. The van der Waals surface area contributed by atoms with Gasteiger partial charge in [-0.15, -0.1) is 21.5 Å². The van der Waals surface area contributed by atoms with Crippen molar-refractivity contribution in [3.05, 3.63) is 71.9 Å². The molecule has 2 heterocycles. The highest BCUT2D eigenvalue weighted by Crippen LogP contribution is 2.26. The van der Waals surface area contributed by atoms with Crippen LogP contribution in [0.25, 0.3) is 11.3 Å². The van der Waals surface area contributed by atoms with Gasteiger partial charge in [0.15, 0.2) is 22.2 Å². The van der Waals surface area contributed by atoms with Crippen molar-refractivity contribution < 1.29 is 9.53 Å². The largest absolute Gasteiger partial charge is 0.483 e. The third kappa shape index (κ3) is 5.31. The Balaban J connectivity index is 1.32. The van der Waals surface area contributed by atoms with E-state index < -0.39 is 0 Å². The van der Waals surface area contributed by atoms with Crippen molar-refractivity contribution in [1.82, 2.24) is 19.7 Å². The van der Waals surface area contributed by atoms with Crippen LogP contribution in [0.1, 0.15) is 18.9 Å². The Bertz CT molecular complexity index is 1150. The Kier molecular flexibility index (Phi) is 6.63. The summed E-state index contributed by atoms with van der Waals surface area (Å²) in [6.07, 6.45) is -0.269. The average Bonchev–Trinajstić information content (AvgIpc) is 3.40. The van der Waals surface area contributed by atoms with Crippen LogP contribution in [0.3, 0.4) is 0 Å². The number of anilines is 1. The van der Waals surface area contributed by atoms with Crippen molar-refractivity contribution >= 4 is 34.1 Å². The average molecular weight is 452 g/mol. The monoisotopic (exact) mass is 451 g/mol. The number of carbonyl (C=O) groups excluding carboxylic acids is 1. The fraction of sp³-hybridized carbons (Fsp3) is 0.182. The highest BCUT2D eigenvalue weighted by molar-refractivity contribution is 7.99. The summed E-state index contributed by atoms with van der Waals surface area (Å²) in [6, 6.07) is 19.4. The molecular formula is C22H21N5O2S2. The van der Waals surface area contributed by atoms with Crippen molar-refractivity contribution in [2.24, 2.45) is 7.05 Å². The van der Waals surface area contributed by atoms with E-state index in [9.17, 15) is 4.79 Å². The van der Waals surface area contributed by atoms with Gasteiger partial charge in [-0.05, 0) is 19.1 Å². The summed E-state index contributed by atoms with van der Waals surface area (Å²) in [7, 11) is 1.87. The van der Waals surface area contributed by atoms with Crippen LogP contribution in [-0.2, 0) is 11.8 Å². The number of nitrogens with zero attached hydrogens (tertiary/aromatic N) is 4. The van der Waals surface area contributed by atoms with E-state index in [-0.39, 0.29) is 17.8 Å². The van der Waals surface area contributed by atoms with Gasteiger partial charge in [-0.3, -0.25) is 4.79 Å². The van der Waals surface area contributed by atoms with Crippen LogP contribution < -0.4 is 10.1 Å². The lowest BCUT2D eigenvalue weighted by molar-refractivity contribution is -0.113. The zero-order valence-corrected chi connectivity index (χ0v) is 18.7. The number of thioether (sulfide) groups is 1. The Morgan fingerprint density at radius 2 is 1.84 bits per heavy atom. The van der Waals surface area contributed by atoms with E-state index in [4.69, 9.17) is 4.74 Å². The zero-order chi connectivity index (χ0) is 21.6. The fourth-order valence-corrected chi connectivity index (χ4v) is 4.37. The van der Waals surface area contributed by atoms with E-state index in [1.54, 1.807) is 0 Å². The summed E-state index contributed by atoms with van der Waals surface area (Å²) < 4.78 is 7.77. The number of nitrogens with one attached hydrogen (secondary N) is 1. The molecule has 0 bridgehead atoms.